The van der Waals surface area contributed by atoms with E-state index < -0.39 is 0 Å². The Labute approximate surface area is 205 Å². The summed E-state index contributed by atoms with van der Waals surface area (Å²) in [6, 6.07) is 18.4. The maximum absolute atomic E-state index is 12.9. The van der Waals surface area contributed by atoms with Gasteiger partial charge in [0.15, 0.2) is 5.01 Å². The standard InChI is InChI=1S/C26H31N5O2S/c1-33-23-10-6-5-9-22(23)26-28-27-25(34-26)20-11-13-29(14-12-20)19-24(32)31-17-15-30(16-18-31)21-7-3-2-4-8-21/h2-10,20H,11-19H2,1H3. The minimum atomic E-state index is 0.250. The van der Waals surface area contributed by atoms with Crippen molar-refractivity contribution in [1.29, 1.82) is 0 Å². The summed E-state index contributed by atoms with van der Waals surface area (Å²) in [4.78, 5) is 19.6. The molecule has 2 aliphatic rings. The molecule has 0 N–H and O–H groups in total. The molecule has 2 saturated heterocycles. The highest BCUT2D eigenvalue weighted by Gasteiger charge is 2.28. The lowest BCUT2D eigenvalue weighted by molar-refractivity contribution is -0.133. The van der Waals surface area contributed by atoms with Crippen LogP contribution in [0.25, 0.3) is 10.6 Å². The highest BCUT2D eigenvalue weighted by molar-refractivity contribution is 7.14. The molecule has 2 aliphatic heterocycles. The van der Waals surface area contributed by atoms with Gasteiger partial charge < -0.3 is 14.5 Å². The first-order chi connectivity index (χ1) is 16.7. The zero-order valence-corrected chi connectivity index (χ0v) is 20.4. The number of methoxy groups -OCH3 is 1. The Morgan fingerprint density at radius 2 is 1.65 bits per heavy atom. The molecule has 0 radical (unpaired) electrons. The quantitative estimate of drug-likeness (QED) is 0.539. The average Bonchev–Trinajstić information content (AvgIpc) is 3.40. The van der Waals surface area contributed by atoms with Crippen LogP contribution in [0, 0.1) is 0 Å². The predicted octanol–water partition coefficient (Wildman–Crippen LogP) is 3.74. The number of piperidine rings is 1. The normalized spacial score (nSPS) is 17.7. The lowest BCUT2D eigenvalue weighted by atomic mass is 9.97. The van der Waals surface area contributed by atoms with E-state index in [0.29, 0.717) is 12.5 Å². The van der Waals surface area contributed by atoms with Crippen molar-refractivity contribution in [2.75, 3.05) is 57.8 Å². The van der Waals surface area contributed by atoms with Gasteiger partial charge in [-0.05, 0) is 50.2 Å². The number of anilines is 1. The van der Waals surface area contributed by atoms with Gasteiger partial charge in [0.2, 0.25) is 5.91 Å². The van der Waals surface area contributed by atoms with E-state index in [1.165, 1.54) is 5.69 Å². The fourth-order valence-corrected chi connectivity index (χ4v) is 5.85. The molecule has 2 fully saturated rings. The molecule has 1 amide bonds. The van der Waals surface area contributed by atoms with Gasteiger partial charge in [-0.2, -0.15) is 0 Å². The minimum absolute atomic E-state index is 0.250. The number of carbonyl (C=O) groups is 1. The van der Waals surface area contributed by atoms with E-state index in [1.807, 2.05) is 35.2 Å². The Balaban J connectivity index is 1.10. The van der Waals surface area contributed by atoms with Gasteiger partial charge in [-0.15, -0.1) is 10.2 Å². The third kappa shape index (κ3) is 5.08. The summed E-state index contributed by atoms with van der Waals surface area (Å²) >= 11 is 1.66. The fraction of sp³-hybridized carbons (Fsp3) is 0.423. The van der Waals surface area contributed by atoms with Crippen molar-refractivity contribution >= 4 is 22.9 Å². The molecule has 0 aliphatic carbocycles. The zero-order chi connectivity index (χ0) is 23.3. The first-order valence-electron chi connectivity index (χ1n) is 12.0. The number of carbonyl (C=O) groups excluding carboxylic acids is 1. The molecule has 5 rings (SSSR count). The van der Waals surface area contributed by atoms with Gasteiger partial charge in [-0.3, -0.25) is 9.69 Å². The molecule has 7 nitrogen and oxygen atoms in total. The van der Waals surface area contributed by atoms with Crippen molar-refractivity contribution in [2.24, 2.45) is 0 Å². The molecule has 1 aromatic heterocycles. The monoisotopic (exact) mass is 477 g/mol. The van der Waals surface area contributed by atoms with E-state index in [2.05, 4.69) is 44.3 Å². The number of rotatable bonds is 6. The molecule has 3 heterocycles. The topological polar surface area (TPSA) is 61.8 Å². The molecule has 0 bridgehead atoms. The average molecular weight is 478 g/mol. The van der Waals surface area contributed by atoms with Gasteiger partial charge >= 0.3 is 0 Å². The van der Waals surface area contributed by atoms with Gasteiger partial charge in [-0.25, -0.2) is 0 Å². The summed E-state index contributed by atoms with van der Waals surface area (Å²) in [7, 11) is 1.68. The van der Waals surface area contributed by atoms with Crippen LogP contribution in [0.2, 0.25) is 0 Å². The number of para-hydroxylation sites is 2. The molecule has 8 heteroatoms. The van der Waals surface area contributed by atoms with Crippen molar-refractivity contribution < 1.29 is 9.53 Å². The second-order valence-corrected chi connectivity index (χ2v) is 9.91. The molecular weight excluding hydrogens is 446 g/mol. The van der Waals surface area contributed by atoms with E-state index in [-0.39, 0.29) is 5.91 Å². The van der Waals surface area contributed by atoms with E-state index >= 15 is 0 Å². The summed E-state index contributed by atoms with van der Waals surface area (Å²) in [5.74, 6) is 1.48. The largest absolute Gasteiger partial charge is 0.496 e. The fourth-order valence-electron chi connectivity index (χ4n) is 4.81. The van der Waals surface area contributed by atoms with E-state index in [0.717, 1.165) is 73.4 Å². The first kappa shape index (κ1) is 22.8. The SMILES string of the molecule is COc1ccccc1-c1nnc(C2CCN(CC(=O)N3CCN(c4ccccc4)CC3)CC2)s1. The number of ether oxygens (including phenoxy) is 1. The highest BCUT2D eigenvalue weighted by atomic mass is 32.1. The number of aromatic nitrogens is 2. The molecule has 178 valence electrons. The molecule has 0 saturated carbocycles. The summed E-state index contributed by atoms with van der Waals surface area (Å²) < 4.78 is 5.48. The second kappa shape index (κ2) is 10.5. The van der Waals surface area contributed by atoms with Gasteiger partial charge in [-0.1, -0.05) is 41.7 Å². The van der Waals surface area contributed by atoms with Gasteiger partial charge in [0.25, 0.3) is 0 Å². The van der Waals surface area contributed by atoms with Crippen molar-refractivity contribution in [3.8, 4) is 16.3 Å². The molecule has 0 atom stereocenters. The summed E-state index contributed by atoms with van der Waals surface area (Å²) in [6.45, 7) is 5.72. The van der Waals surface area contributed by atoms with Crippen LogP contribution in [-0.2, 0) is 4.79 Å². The Morgan fingerprint density at radius 3 is 2.38 bits per heavy atom. The maximum Gasteiger partial charge on any atom is 0.236 e. The van der Waals surface area contributed by atoms with Crippen LogP contribution >= 0.6 is 11.3 Å². The predicted molar refractivity (Wildman–Crippen MR) is 136 cm³/mol. The third-order valence-electron chi connectivity index (χ3n) is 6.83. The van der Waals surface area contributed by atoms with Crippen LogP contribution in [0.5, 0.6) is 5.75 Å². The Morgan fingerprint density at radius 1 is 0.941 bits per heavy atom. The number of piperazine rings is 1. The van der Waals surface area contributed by atoms with Gasteiger partial charge in [0.1, 0.15) is 10.8 Å². The molecular formula is C26H31N5O2S. The second-order valence-electron chi connectivity index (χ2n) is 8.90. The lowest BCUT2D eigenvalue weighted by Crippen LogP contribution is -2.51. The van der Waals surface area contributed by atoms with Crippen LogP contribution in [0.1, 0.15) is 23.8 Å². The van der Waals surface area contributed by atoms with E-state index in [9.17, 15) is 4.79 Å². The van der Waals surface area contributed by atoms with Crippen LogP contribution in [-0.4, -0.2) is 78.8 Å². The highest BCUT2D eigenvalue weighted by Crippen LogP contribution is 2.36. The molecule has 0 unspecified atom stereocenters. The molecule has 34 heavy (non-hydrogen) atoms. The summed E-state index contributed by atoms with van der Waals surface area (Å²) in [6.07, 6.45) is 2.02. The van der Waals surface area contributed by atoms with E-state index in [4.69, 9.17) is 4.74 Å². The third-order valence-corrected chi connectivity index (χ3v) is 7.95. The van der Waals surface area contributed by atoms with Crippen LogP contribution in [0.15, 0.2) is 54.6 Å². The number of amides is 1. The van der Waals surface area contributed by atoms with Gasteiger partial charge in [0.05, 0.1) is 19.2 Å². The molecule has 2 aromatic carbocycles. The van der Waals surface area contributed by atoms with Crippen molar-refractivity contribution in [1.82, 2.24) is 20.0 Å². The Bertz CT molecular complexity index is 1090. The van der Waals surface area contributed by atoms with Crippen LogP contribution < -0.4 is 9.64 Å². The summed E-state index contributed by atoms with van der Waals surface area (Å²) in [5.41, 5.74) is 2.23. The van der Waals surface area contributed by atoms with Crippen molar-refractivity contribution in [3.05, 3.63) is 59.6 Å². The number of hydrogen-bond donors (Lipinski definition) is 0. The van der Waals surface area contributed by atoms with E-state index in [1.54, 1.807) is 18.4 Å². The smallest absolute Gasteiger partial charge is 0.236 e. The first-order valence-corrected chi connectivity index (χ1v) is 12.8. The minimum Gasteiger partial charge on any atom is -0.496 e. The van der Waals surface area contributed by atoms with Crippen molar-refractivity contribution in [2.45, 2.75) is 18.8 Å². The Hall–Kier alpha value is -2.97. The molecule has 3 aromatic rings. The maximum atomic E-state index is 12.9. The number of benzene rings is 2. The number of likely N-dealkylation sites (tertiary alicyclic amines) is 1. The zero-order valence-electron chi connectivity index (χ0n) is 19.6. The molecule has 0 spiro atoms. The Kier molecular flexibility index (Phi) is 7.06. The van der Waals surface area contributed by atoms with Crippen molar-refractivity contribution in [3.63, 3.8) is 0 Å². The lowest BCUT2D eigenvalue weighted by Gasteiger charge is -2.38. The van der Waals surface area contributed by atoms with Gasteiger partial charge in [0, 0.05) is 37.8 Å². The number of hydrogen-bond acceptors (Lipinski definition) is 7. The summed E-state index contributed by atoms with van der Waals surface area (Å²) in [5, 5.41) is 10.9. The van der Waals surface area contributed by atoms with Crippen LogP contribution in [0.4, 0.5) is 5.69 Å². The number of nitrogens with zero attached hydrogens (tertiary/aromatic N) is 5. The van der Waals surface area contributed by atoms with Crippen LogP contribution in [0.3, 0.4) is 0 Å².